The Morgan fingerprint density at radius 1 is 1.33 bits per heavy atom. The Morgan fingerprint density at radius 2 is 2.33 bits per heavy atom. The molecule has 0 saturated carbocycles. The molecule has 1 aliphatic rings. The maximum absolute atomic E-state index is 4.38. The number of rotatable bonds is 1. The van der Waals surface area contributed by atoms with Crippen LogP contribution < -0.4 is 5.32 Å². The zero-order valence-corrected chi connectivity index (χ0v) is 8.35. The Labute approximate surface area is 88.0 Å². The highest BCUT2D eigenvalue weighted by Gasteiger charge is 2.15. The maximum Gasteiger partial charge on any atom is 0.153 e. The topological polar surface area (TPSA) is 42.7 Å². The van der Waals surface area contributed by atoms with E-state index in [4.69, 9.17) is 0 Å². The minimum absolute atomic E-state index is 0.881. The van der Waals surface area contributed by atoms with Crippen molar-refractivity contribution in [2.75, 3.05) is 6.54 Å². The molecule has 0 aromatic carbocycles. The summed E-state index contributed by atoms with van der Waals surface area (Å²) >= 11 is 0. The van der Waals surface area contributed by atoms with Crippen LogP contribution in [0.1, 0.15) is 11.3 Å². The number of nitrogens with zero attached hydrogens (tertiary/aromatic N) is 3. The summed E-state index contributed by atoms with van der Waals surface area (Å²) in [5.74, 6) is 0.891. The van der Waals surface area contributed by atoms with E-state index in [-0.39, 0.29) is 0 Å². The Hall–Kier alpha value is -1.68. The van der Waals surface area contributed by atoms with Crippen LogP contribution in [0.5, 0.6) is 0 Å². The first-order valence-electron chi connectivity index (χ1n) is 5.13. The van der Waals surface area contributed by atoms with E-state index in [0.29, 0.717) is 0 Å². The number of hydrogen-bond acceptors (Lipinski definition) is 3. The molecule has 0 fully saturated rings. The third kappa shape index (κ3) is 1.43. The maximum atomic E-state index is 4.38. The van der Waals surface area contributed by atoms with E-state index in [2.05, 4.69) is 15.4 Å². The molecule has 0 bridgehead atoms. The summed E-state index contributed by atoms with van der Waals surface area (Å²) in [5.41, 5.74) is 2.57. The second kappa shape index (κ2) is 3.47. The molecule has 0 amide bonds. The number of pyridine rings is 1. The summed E-state index contributed by atoms with van der Waals surface area (Å²) in [4.78, 5) is 4.30. The van der Waals surface area contributed by atoms with Crippen molar-refractivity contribution in [2.24, 2.45) is 0 Å². The minimum Gasteiger partial charge on any atom is -0.311 e. The summed E-state index contributed by atoms with van der Waals surface area (Å²) in [6, 6.07) is 5.87. The zero-order chi connectivity index (χ0) is 10.1. The molecule has 0 aliphatic carbocycles. The van der Waals surface area contributed by atoms with E-state index in [9.17, 15) is 0 Å². The van der Waals surface area contributed by atoms with Crippen LogP contribution in [0.3, 0.4) is 0 Å². The van der Waals surface area contributed by atoms with E-state index in [0.717, 1.165) is 25.3 Å². The molecule has 0 unspecified atom stereocenters. The molecule has 15 heavy (non-hydrogen) atoms. The summed E-state index contributed by atoms with van der Waals surface area (Å²) in [6.45, 7) is 1.92. The van der Waals surface area contributed by atoms with Crippen LogP contribution in [-0.4, -0.2) is 21.3 Å². The first-order valence-corrected chi connectivity index (χ1v) is 5.13. The van der Waals surface area contributed by atoms with E-state index in [1.807, 2.05) is 29.1 Å². The van der Waals surface area contributed by atoms with Gasteiger partial charge < -0.3 is 5.32 Å². The summed E-state index contributed by atoms with van der Waals surface area (Å²) < 4.78 is 1.92. The molecular formula is C11H12N4. The molecule has 0 radical (unpaired) electrons. The monoisotopic (exact) mass is 200 g/mol. The van der Waals surface area contributed by atoms with Crippen LogP contribution in [0, 0.1) is 0 Å². The quantitative estimate of drug-likeness (QED) is 0.744. The highest BCUT2D eigenvalue weighted by molar-refractivity contribution is 5.30. The van der Waals surface area contributed by atoms with Gasteiger partial charge >= 0.3 is 0 Å². The van der Waals surface area contributed by atoms with E-state index < -0.39 is 0 Å². The van der Waals surface area contributed by atoms with Gasteiger partial charge in [-0.05, 0) is 30.7 Å². The van der Waals surface area contributed by atoms with E-state index >= 15 is 0 Å². The van der Waals surface area contributed by atoms with Crippen molar-refractivity contribution in [3.8, 4) is 5.82 Å². The van der Waals surface area contributed by atoms with E-state index in [1.54, 1.807) is 6.20 Å². The fraction of sp³-hybridized carbons (Fsp3) is 0.273. The Balaban J connectivity index is 2.09. The third-order valence-corrected chi connectivity index (χ3v) is 2.69. The van der Waals surface area contributed by atoms with Crippen LogP contribution in [0.15, 0.2) is 30.6 Å². The minimum atomic E-state index is 0.881. The average molecular weight is 200 g/mol. The van der Waals surface area contributed by atoms with Gasteiger partial charge in [0.05, 0.1) is 11.9 Å². The van der Waals surface area contributed by atoms with Crippen molar-refractivity contribution >= 4 is 0 Å². The van der Waals surface area contributed by atoms with Crippen molar-refractivity contribution in [3.63, 3.8) is 0 Å². The van der Waals surface area contributed by atoms with Crippen LogP contribution in [-0.2, 0) is 13.0 Å². The van der Waals surface area contributed by atoms with Crippen LogP contribution in [0.4, 0.5) is 0 Å². The first kappa shape index (κ1) is 8.61. The highest BCUT2D eigenvalue weighted by Crippen LogP contribution is 2.16. The van der Waals surface area contributed by atoms with Crippen molar-refractivity contribution in [2.45, 2.75) is 13.0 Å². The van der Waals surface area contributed by atoms with Gasteiger partial charge in [0.25, 0.3) is 0 Å². The Bertz CT molecular complexity index is 461. The largest absolute Gasteiger partial charge is 0.311 e. The van der Waals surface area contributed by atoms with Gasteiger partial charge in [-0.1, -0.05) is 6.07 Å². The van der Waals surface area contributed by atoms with Crippen LogP contribution in [0.25, 0.3) is 5.82 Å². The van der Waals surface area contributed by atoms with Crippen molar-refractivity contribution in [1.82, 2.24) is 20.1 Å². The van der Waals surface area contributed by atoms with Gasteiger partial charge in [-0.15, -0.1) is 0 Å². The van der Waals surface area contributed by atoms with Gasteiger partial charge in [0, 0.05) is 12.7 Å². The number of aromatic nitrogens is 3. The summed E-state index contributed by atoms with van der Waals surface area (Å²) in [5, 5.41) is 7.73. The summed E-state index contributed by atoms with van der Waals surface area (Å²) in [7, 11) is 0. The molecule has 2 aromatic heterocycles. The Morgan fingerprint density at radius 3 is 3.20 bits per heavy atom. The van der Waals surface area contributed by atoms with Gasteiger partial charge in [0.15, 0.2) is 5.82 Å². The molecule has 1 aliphatic heterocycles. The molecular weight excluding hydrogens is 188 g/mol. The molecule has 1 N–H and O–H groups in total. The number of hydrogen-bond donors (Lipinski definition) is 1. The molecule has 0 atom stereocenters. The van der Waals surface area contributed by atoms with E-state index in [1.165, 1.54) is 11.3 Å². The predicted octanol–water partition coefficient (Wildman–Crippen LogP) is 0.913. The molecule has 4 nitrogen and oxygen atoms in total. The molecule has 4 heteroatoms. The summed E-state index contributed by atoms with van der Waals surface area (Å²) in [6.07, 6.45) is 4.80. The first-order chi connectivity index (χ1) is 7.45. The lowest BCUT2D eigenvalue weighted by Gasteiger charge is -2.14. The fourth-order valence-corrected chi connectivity index (χ4v) is 1.91. The third-order valence-electron chi connectivity index (χ3n) is 2.69. The number of fused-ring (bicyclic) bond motifs is 1. The molecule has 3 rings (SSSR count). The molecule has 76 valence electrons. The second-order valence-electron chi connectivity index (χ2n) is 3.64. The van der Waals surface area contributed by atoms with Gasteiger partial charge in [-0.25, -0.2) is 9.67 Å². The standard InChI is InChI=1S/C11H12N4/c1-2-5-13-11(3-1)15-10-8-12-6-4-9(10)7-14-15/h1-3,5,7,12H,4,6,8H2. The normalized spacial score (nSPS) is 14.9. The predicted molar refractivity (Wildman–Crippen MR) is 56.8 cm³/mol. The zero-order valence-electron chi connectivity index (χ0n) is 8.35. The smallest absolute Gasteiger partial charge is 0.153 e. The molecule has 3 heterocycles. The van der Waals surface area contributed by atoms with Gasteiger partial charge in [-0.3, -0.25) is 0 Å². The van der Waals surface area contributed by atoms with Gasteiger partial charge in [0.2, 0.25) is 0 Å². The van der Waals surface area contributed by atoms with Crippen LogP contribution in [0.2, 0.25) is 0 Å². The highest BCUT2D eigenvalue weighted by atomic mass is 15.3. The average Bonchev–Trinajstić information content (AvgIpc) is 2.74. The molecule has 0 saturated heterocycles. The van der Waals surface area contributed by atoms with Crippen LogP contribution >= 0.6 is 0 Å². The van der Waals surface area contributed by atoms with Crippen molar-refractivity contribution in [3.05, 3.63) is 41.9 Å². The van der Waals surface area contributed by atoms with Crippen molar-refractivity contribution < 1.29 is 0 Å². The lowest BCUT2D eigenvalue weighted by Crippen LogP contribution is -2.25. The van der Waals surface area contributed by atoms with Gasteiger partial charge in [-0.2, -0.15) is 5.10 Å². The fourth-order valence-electron chi connectivity index (χ4n) is 1.91. The van der Waals surface area contributed by atoms with Gasteiger partial charge in [0.1, 0.15) is 0 Å². The molecule has 0 spiro atoms. The Kier molecular flexibility index (Phi) is 1.99. The SMILES string of the molecule is c1ccc(-n2ncc3c2CNCC3)nc1. The molecule has 2 aromatic rings. The number of nitrogens with one attached hydrogen (secondary N) is 1. The lowest BCUT2D eigenvalue weighted by atomic mass is 10.1. The second-order valence-corrected chi connectivity index (χ2v) is 3.64. The lowest BCUT2D eigenvalue weighted by molar-refractivity contribution is 0.611. The van der Waals surface area contributed by atoms with Crippen molar-refractivity contribution in [1.29, 1.82) is 0 Å².